The van der Waals surface area contributed by atoms with E-state index in [9.17, 15) is 9.18 Å². The van der Waals surface area contributed by atoms with Gasteiger partial charge in [0.25, 0.3) is 5.91 Å². The van der Waals surface area contributed by atoms with Crippen LogP contribution in [-0.2, 0) is 17.9 Å². The van der Waals surface area contributed by atoms with Crippen LogP contribution >= 0.6 is 15.9 Å². The number of hydrogen-bond donors (Lipinski definition) is 0. The average molecular weight is 400 g/mol. The molecule has 0 saturated carbocycles. The van der Waals surface area contributed by atoms with Gasteiger partial charge in [-0.2, -0.15) is 0 Å². The van der Waals surface area contributed by atoms with Gasteiger partial charge in [0.2, 0.25) is 0 Å². The highest BCUT2D eigenvalue weighted by Gasteiger charge is 2.34. The molecule has 3 aromatic rings. The van der Waals surface area contributed by atoms with E-state index >= 15 is 0 Å². The molecule has 1 unspecified atom stereocenters. The minimum Gasteiger partial charge on any atom is -0.330 e. The molecule has 2 aromatic carbocycles. The van der Waals surface area contributed by atoms with Gasteiger partial charge in [0.1, 0.15) is 11.9 Å². The van der Waals surface area contributed by atoms with Crippen molar-refractivity contribution >= 4 is 21.8 Å². The maximum absolute atomic E-state index is 13.5. The van der Waals surface area contributed by atoms with Gasteiger partial charge in [-0.1, -0.05) is 40.2 Å². The lowest BCUT2D eigenvalue weighted by atomic mass is 10.0. The van der Waals surface area contributed by atoms with Crippen molar-refractivity contribution in [2.45, 2.75) is 19.1 Å². The molecule has 1 aromatic heterocycles. The molecule has 4 rings (SSSR count). The molecule has 0 aliphatic carbocycles. The van der Waals surface area contributed by atoms with Crippen LogP contribution in [-0.4, -0.2) is 20.4 Å². The van der Waals surface area contributed by atoms with Gasteiger partial charge in [0, 0.05) is 17.2 Å². The Morgan fingerprint density at radius 1 is 1.20 bits per heavy atom. The summed E-state index contributed by atoms with van der Waals surface area (Å²) in [7, 11) is 0. The average Bonchev–Trinajstić information content (AvgIpc) is 3.03. The maximum atomic E-state index is 13.5. The number of carbonyl (C=O) groups excluding carboxylic acids is 1. The van der Waals surface area contributed by atoms with E-state index in [1.807, 2.05) is 34.9 Å². The van der Waals surface area contributed by atoms with E-state index in [0.717, 1.165) is 21.3 Å². The van der Waals surface area contributed by atoms with E-state index in [1.54, 1.807) is 23.5 Å². The van der Waals surface area contributed by atoms with Crippen LogP contribution in [0.4, 0.5) is 4.39 Å². The quantitative estimate of drug-likeness (QED) is 0.669. The highest BCUT2D eigenvalue weighted by molar-refractivity contribution is 9.10. The summed E-state index contributed by atoms with van der Waals surface area (Å²) in [6, 6.07) is 13.6. The summed E-state index contributed by atoms with van der Waals surface area (Å²) in [6.45, 7) is 0.826. The molecule has 126 valence electrons. The second-order valence-electron chi connectivity index (χ2n) is 6.07. The molecule has 1 atom stereocenters. The zero-order valence-electron chi connectivity index (χ0n) is 13.3. The van der Waals surface area contributed by atoms with Gasteiger partial charge in [-0.25, -0.2) is 9.37 Å². The minimum absolute atomic E-state index is 0.0205. The number of hydrogen-bond acceptors (Lipinski definition) is 2. The van der Waals surface area contributed by atoms with Crippen molar-refractivity contribution in [1.29, 1.82) is 0 Å². The first-order valence-electron chi connectivity index (χ1n) is 7.91. The standard InChI is InChI=1S/C19H15BrFN3O/c20-15-5-2-4-14(8-15)18-19(25)23(11-17-9-22-12-24(17)18)10-13-3-1-6-16(21)7-13/h1-9,12,18H,10-11H2. The number of benzene rings is 2. The van der Waals surface area contributed by atoms with E-state index in [1.165, 1.54) is 12.1 Å². The van der Waals surface area contributed by atoms with Crippen LogP contribution in [0.3, 0.4) is 0 Å². The van der Waals surface area contributed by atoms with Crippen LogP contribution in [0.2, 0.25) is 0 Å². The second kappa shape index (κ2) is 6.44. The number of nitrogens with zero attached hydrogens (tertiary/aromatic N) is 3. The van der Waals surface area contributed by atoms with E-state index in [4.69, 9.17) is 0 Å². The highest BCUT2D eigenvalue weighted by atomic mass is 79.9. The predicted molar refractivity (Wildman–Crippen MR) is 95.2 cm³/mol. The molecule has 6 heteroatoms. The molecule has 0 saturated heterocycles. The lowest BCUT2D eigenvalue weighted by molar-refractivity contribution is -0.136. The van der Waals surface area contributed by atoms with Gasteiger partial charge in [0.05, 0.1) is 18.6 Å². The first kappa shape index (κ1) is 16.0. The lowest BCUT2D eigenvalue weighted by Crippen LogP contribution is -2.42. The van der Waals surface area contributed by atoms with Crippen molar-refractivity contribution in [1.82, 2.24) is 14.5 Å². The van der Waals surface area contributed by atoms with E-state index in [-0.39, 0.29) is 11.7 Å². The van der Waals surface area contributed by atoms with Crippen LogP contribution < -0.4 is 0 Å². The Kier molecular flexibility index (Phi) is 4.13. The predicted octanol–water partition coefficient (Wildman–Crippen LogP) is 3.92. The molecule has 4 nitrogen and oxygen atoms in total. The Bertz CT molecular complexity index is 940. The fraction of sp³-hybridized carbons (Fsp3) is 0.158. The molecular weight excluding hydrogens is 385 g/mol. The summed E-state index contributed by atoms with van der Waals surface area (Å²) in [5.74, 6) is -0.316. The zero-order chi connectivity index (χ0) is 17.4. The second-order valence-corrected chi connectivity index (χ2v) is 6.99. The Morgan fingerprint density at radius 2 is 2.04 bits per heavy atom. The maximum Gasteiger partial charge on any atom is 0.250 e. The molecule has 25 heavy (non-hydrogen) atoms. The van der Waals surface area contributed by atoms with Crippen molar-refractivity contribution in [3.63, 3.8) is 0 Å². The Hall–Kier alpha value is -2.47. The summed E-state index contributed by atoms with van der Waals surface area (Å²) in [6.07, 6.45) is 3.47. The van der Waals surface area contributed by atoms with Crippen LogP contribution in [0.1, 0.15) is 22.9 Å². The van der Waals surface area contributed by atoms with Crippen LogP contribution in [0.15, 0.2) is 65.5 Å². The van der Waals surface area contributed by atoms with Gasteiger partial charge in [-0.05, 0) is 35.4 Å². The SMILES string of the molecule is O=C1C(c2cccc(Br)c2)n2cncc2CN1Cc1cccc(F)c1. The van der Waals surface area contributed by atoms with Gasteiger partial charge in [-0.3, -0.25) is 4.79 Å². The van der Waals surface area contributed by atoms with E-state index in [0.29, 0.717) is 13.1 Å². The largest absolute Gasteiger partial charge is 0.330 e. The number of aromatic nitrogens is 2. The minimum atomic E-state index is -0.461. The molecule has 0 bridgehead atoms. The lowest BCUT2D eigenvalue weighted by Gasteiger charge is -2.34. The molecule has 0 radical (unpaired) electrons. The fourth-order valence-corrected chi connectivity index (χ4v) is 3.64. The fourth-order valence-electron chi connectivity index (χ4n) is 3.22. The first-order chi connectivity index (χ1) is 12.1. The van der Waals surface area contributed by atoms with Crippen molar-refractivity contribution in [3.05, 3.63) is 88.2 Å². The summed E-state index contributed by atoms with van der Waals surface area (Å²) in [5.41, 5.74) is 2.62. The normalized spacial score (nSPS) is 16.8. The van der Waals surface area contributed by atoms with Crippen LogP contribution in [0, 0.1) is 5.82 Å². The van der Waals surface area contributed by atoms with E-state index in [2.05, 4.69) is 20.9 Å². The number of imidazole rings is 1. The molecule has 2 heterocycles. The summed E-state index contributed by atoms with van der Waals surface area (Å²) in [5, 5.41) is 0. The third kappa shape index (κ3) is 3.09. The topological polar surface area (TPSA) is 38.1 Å². The third-order valence-electron chi connectivity index (χ3n) is 4.35. The zero-order valence-corrected chi connectivity index (χ0v) is 14.9. The van der Waals surface area contributed by atoms with Gasteiger partial charge in [-0.15, -0.1) is 0 Å². The summed E-state index contributed by atoms with van der Waals surface area (Å²) < 4.78 is 16.3. The third-order valence-corrected chi connectivity index (χ3v) is 4.84. The van der Waals surface area contributed by atoms with E-state index < -0.39 is 6.04 Å². The van der Waals surface area contributed by atoms with Crippen molar-refractivity contribution in [3.8, 4) is 0 Å². The van der Waals surface area contributed by atoms with Crippen molar-refractivity contribution in [2.24, 2.45) is 0 Å². The Balaban J connectivity index is 1.71. The number of halogens is 2. The van der Waals surface area contributed by atoms with Crippen LogP contribution in [0.25, 0.3) is 0 Å². The van der Waals surface area contributed by atoms with Crippen molar-refractivity contribution < 1.29 is 9.18 Å². The molecule has 0 spiro atoms. The number of carbonyl (C=O) groups is 1. The highest BCUT2D eigenvalue weighted by Crippen LogP contribution is 2.30. The monoisotopic (exact) mass is 399 g/mol. The van der Waals surface area contributed by atoms with Crippen molar-refractivity contribution in [2.75, 3.05) is 0 Å². The summed E-state index contributed by atoms with van der Waals surface area (Å²) >= 11 is 3.46. The molecule has 1 aliphatic heterocycles. The molecule has 1 amide bonds. The number of fused-ring (bicyclic) bond motifs is 1. The molecule has 0 N–H and O–H groups in total. The summed E-state index contributed by atoms with van der Waals surface area (Å²) in [4.78, 5) is 19.1. The number of amides is 1. The van der Waals surface area contributed by atoms with Gasteiger partial charge >= 0.3 is 0 Å². The Morgan fingerprint density at radius 3 is 2.84 bits per heavy atom. The van der Waals surface area contributed by atoms with Gasteiger partial charge in [0.15, 0.2) is 0 Å². The van der Waals surface area contributed by atoms with Crippen LogP contribution in [0.5, 0.6) is 0 Å². The van der Waals surface area contributed by atoms with Gasteiger partial charge < -0.3 is 9.47 Å². The smallest absolute Gasteiger partial charge is 0.250 e. The first-order valence-corrected chi connectivity index (χ1v) is 8.70. The molecule has 1 aliphatic rings. The molecular formula is C19H15BrFN3O. The Labute approximate surface area is 153 Å². The molecule has 0 fully saturated rings. The number of rotatable bonds is 3.